The van der Waals surface area contributed by atoms with Gasteiger partial charge in [-0.3, -0.25) is 4.79 Å². The van der Waals surface area contributed by atoms with Gasteiger partial charge in [-0.05, 0) is 37.5 Å². The van der Waals surface area contributed by atoms with Crippen LogP contribution in [-0.2, 0) is 0 Å². The number of alkyl halides is 1. The maximum Gasteiger partial charge on any atom is 0.253 e. The fourth-order valence-corrected chi connectivity index (χ4v) is 2.58. The first kappa shape index (κ1) is 11.9. The van der Waals surface area contributed by atoms with Gasteiger partial charge in [0.15, 0.2) is 0 Å². The fraction of sp³-hybridized carbons (Fsp3) is 0.417. The van der Waals surface area contributed by atoms with Gasteiger partial charge in [-0.2, -0.15) is 0 Å². The molecule has 1 saturated carbocycles. The molecule has 0 radical (unpaired) electrons. The molecule has 0 aromatic heterocycles. The summed E-state index contributed by atoms with van der Waals surface area (Å²) in [5, 5.41) is 4.34. The Bertz CT molecular complexity index is 429. The topological polar surface area (TPSA) is 29.1 Å². The normalized spacial score (nSPS) is 16.9. The third-order valence-corrected chi connectivity index (χ3v) is 4.24. The van der Waals surface area contributed by atoms with E-state index >= 15 is 0 Å². The van der Waals surface area contributed by atoms with Crippen molar-refractivity contribution >= 4 is 33.4 Å². The van der Waals surface area contributed by atoms with Crippen molar-refractivity contribution in [3.05, 3.63) is 34.3 Å². The van der Waals surface area contributed by atoms with Crippen molar-refractivity contribution in [2.45, 2.75) is 25.3 Å². The Balaban J connectivity index is 2.15. The van der Waals surface area contributed by atoms with E-state index in [0.717, 1.165) is 23.7 Å². The van der Waals surface area contributed by atoms with Crippen molar-refractivity contribution in [3.8, 4) is 0 Å². The molecule has 1 amide bonds. The van der Waals surface area contributed by atoms with Gasteiger partial charge in [0.25, 0.3) is 5.91 Å². The van der Waals surface area contributed by atoms with Gasteiger partial charge in [0.2, 0.25) is 0 Å². The first-order valence-electron chi connectivity index (χ1n) is 5.21. The molecule has 86 valence electrons. The number of hydrogen-bond acceptors (Lipinski definition) is 1. The highest BCUT2D eigenvalue weighted by Crippen LogP contribution is 2.37. The number of benzene rings is 1. The molecule has 0 heterocycles. The van der Waals surface area contributed by atoms with Crippen LogP contribution in [0, 0.1) is 6.92 Å². The molecule has 16 heavy (non-hydrogen) atoms. The number of nitrogens with one attached hydrogen (secondary N) is 1. The van der Waals surface area contributed by atoms with E-state index in [4.69, 9.17) is 11.6 Å². The van der Waals surface area contributed by atoms with Gasteiger partial charge < -0.3 is 5.32 Å². The summed E-state index contributed by atoms with van der Waals surface area (Å²) >= 11 is 9.46. The number of hydrogen-bond donors (Lipinski definition) is 1. The third-order valence-electron chi connectivity index (χ3n) is 2.86. The minimum absolute atomic E-state index is 0.0364. The van der Waals surface area contributed by atoms with Crippen LogP contribution in [0.1, 0.15) is 28.8 Å². The van der Waals surface area contributed by atoms with Crippen molar-refractivity contribution in [1.29, 1.82) is 0 Å². The van der Waals surface area contributed by atoms with Crippen LogP contribution in [-0.4, -0.2) is 16.8 Å². The summed E-state index contributed by atoms with van der Waals surface area (Å²) in [6, 6.07) is 5.48. The van der Waals surface area contributed by atoms with Crippen molar-refractivity contribution in [1.82, 2.24) is 5.32 Å². The number of aryl methyl sites for hydroxylation is 1. The minimum atomic E-state index is -0.0815. The highest BCUT2D eigenvalue weighted by atomic mass is 79.9. The molecule has 1 aromatic carbocycles. The molecule has 0 spiro atoms. The second-order valence-corrected chi connectivity index (χ2v) is 5.32. The number of rotatable bonds is 3. The zero-order valence-corrected chi connectivity index (χ0v) is 11.4. The van der Waals surface area contributed by atoms with E-state index in [1.165, 1.54) is 0 Å². The molecule has 1 aromatic rings. The van der Waals surface area contributed by atoms with Gasteiger partial charge >= 0.3 is 0 Å². The van der Waals surface area contributed by atoms with Crippen molar-refractivity contribution < 1.29 is 4.79 Å². The molecule has 1 N–H and O–H groups in total. The smallest absolute Gasteiger partial charge is 0.253 e. The monoisotopic (exact) mass is 301 g/mol. The van der Waals surface area contributed by atoms with E-state index in [9.17, 15) is 4.79 Å². The molecule has 0 bridgehead atoms. The first-order valence-corrected chi connectivity index (χ1v) is 6.71. The van der Waals surface area contributed by atoms with Crippen molar-refractivity contribution in [2.24, 2.45) is 0 Å². The summed E-state index contributed by atoms with van der Waals surface area (Å²) in [5.41, 5.74) is 1.58. The molecule has 1 aliphatic carbocycles. The Morgan fingerprint density at radius 2 is 2.25 bits per heavy atom. The molecule has 0 unspecified atom stereocenters. The molecule has 1 fully saturated rings. The van der Waals surface area contributed by atoms with Crippen LogP contribution < -0.4 is 5.32 Å². The molecular weight excluding hydrogens is 289 g/mol. The summed E-state index contributed by atoms with van der Waals surface area (Å²) in [6.07, 6.45) is 2.07. The van der Waals surface area contributed by atoms with E-state index < -0.39 is 0 Å². The summed E-state index contributed by atoms with van der Waals surface area (Å²) < 4.78 is 0. The Morgan fingerprint density at radius 1 is 1.56 bits per heavy atom. The summed E-state index contributed by atoms with van der Waals surface area (Å²) in [7, 11) is 0. The SMILES string of the molecule is Cc1ccc(C(=O)NC2(CBr)CC2)c(Cl)c1. The van der Waals surface area contributed by atoms with Gasteiger partial charge in [0.05, 0.1) is 16.1 Å². The number of carbonyl (C=O) groups excluding carboxylic acids is 1. The number of halogens is 2. The maximum absolute atomic E-state index is 12.0. The van der Waals surface area contributed by atoms with E-state index in [1.54, 1.807) is 6.07 Å². The lowest BCUT2D eigenvalue weighted by molar-refractivity contribution is 0.0936. The summed E-state index contributed by atoms with van der Waals surface area (Å²) in [4.78, 5) is 12.0. The second kappa shape index (κ2) is 4.38. The Hall–Kier alpha value is -0.540. The Kier molecular flexibility index (Phi) is 3.27. The average molecular weight is 303 g/mol. The predicted molar refractivity (Wildman–Crippen MR) is 69.4 cm³/mol. The molecule has 1 aliphatic rings. The quantitative estimate of drug-likeness (QED) is 0.853. The molecule has 0 atom stereocenters. The van der Waals surface area contributed by atoms with Gasteiger partial charge in [-0.15, -0.1) is 0 Å². The number of carbonyl (C=O) groups is 1. The standard InChI is InChI=1S/C12H13BrClNO/c1-8-2-3-9(10(14)6-8)11(16)15-12(7-13)4-5-12/h2-3,6H,4-5,7H2,1H3,(H,15,16). The lowest BCUT2D eigenvalue weighted by atomic mass is 10.1. The van der Waals surface area contributed by atoms with E-state index in [-0.39, 0.29) is 11.4 Å². The van der Waals surface area contributed by atoms with Crippen LogP contribution in [0.15, 0.2) is 18.2 Å². The predicted octanol–water partition coefficient (Wildman–Crippen LogP) is 3.31. The number of amides is 1. The van der Waals surface area contributed by atoms with E-state index in [0.29, 0.717) is 10.6 Å². The van der Waals surface area contributed by atoms with E-state index in [2.05, 4.69) is 21.2 Å². The maximum atomic E-state index is 12.0. The van der Waals surface area contributed by atoms with Gasteiger partial charge in [0, 0.05) is 5.33 Å². The van der Waals surface area contributed by atoms with Gasteiger partial charge in [0.1, 0.15) is 0 Å². The van der Waals surface area contributed by atoms with Crippen LogP contribution in [0.4, 0.5) is 0 Å². The van der Waals surface area contributed by atoms with E-state index in [1.807, 2.05) is 19.1 Å². The summed E-state index contributed by atoms with van der Waals surface area (Å²) in [5.74, 6) is -0.0815. The Labute approximate surface area is 108 Å². The summed E-state index contributed by atoms with van der Waals surface area (Å²) in [6.45, 7) is 1.95. The second-order valence-electron chi connectivity index (χ2n) is 4.35. The highest BCUT2D eigenvalue weighted by molar-refractivity contribution is 9.09. The molecular formula is C12H13BrClNO. The van der Waals surface area contributed by atoms with Crippen LogP contribution in [0.25, 0.3) is 0 Å². The molecule has 2 nitrogen and oxygen atoms in total. The van der Waals surface area contributed by atoms with Crippen LogP contribution in [0.3, 0.4) is 0 Å². The lowest BCUT2D eigenvalue weighted by Gasteiger charge is -2.14. The zero-order chi connectivity index (χ0) is 11.8. The third kappa shape index (κ3) is 2.41. The molecule has 2 rings (SSSR count). The average Bonchev–Trinajstić information content (AvgIpc) is 2.98. The van der Waals surface area contributed by atoms with Crippen molar-refractivity contribution in [2.75, 3.05) is 5.33 Å². The minimum Gasteiger partial charge on any atom is -0.346 e. The van der Waals surface area contributed by atoms with Crippen LogP contribution in [0.2, 0.25) is 5.02 Å². The fourth-order valence-electron chi connectivity index (χ4n) is 1.56. The molecule has 0 saturated heterocycles. The molecule has 4 heteroatoms. The van der Waals surface area contributed by atoms with Crippen molar-refractivity contribution in [3.63, 3.8) is 0 Å². The molecule has 0 aliphatic heterocycles. The Morgan fingerprint density at radius 3 is 2.75 bits per heavy atom. The highest BCUT2D eigenvalue weighted by Gasteiger charge is 2.43. The largest absolute Gasteiger partial charge is 0.346 e. The first-order chi connectivity index (χ1) is 7.56. The van der Waals surface area contributed by atoms with Crippen LogP contribution >= 0.6 is 27.5 Å². The zero-order valence-electron chi connectivity index (χ0n) is 9.02. The van der Waals surface area contributed by atoms with Crippen LogP contribution in [0.5, 0.6) is 0 Å². The van der Waals surface area contributed by atoms with Gasteiger partial charge in [-0.1, -0.05) is 33.6 Å². The lowest BCUT2D eigenvalue weighted by Crippen LogP contribution is -2.38. The van der Waals surface area contributed by atoms with Gasteiger partial charge in [-0.25, -0.2) is 0 Å².